The van der Waals surface area contributed by atoms with Crippen LogP contribution in [-0.2, 0) is 16.6 Å². The number of hydrazine groups is 1. The molecular formula is C9H12N6O4S2. The van der Waals surface area contributed by atoms with Crippen LogP contribution in [-0.4, -0.2) is 23.1 Å². The number of aromatic nitrogens is 2. The fourth-order valence-corrected chi connectivity index (χ4v) is 3.79. The molecule has 4 N–H and O–H groups in total. The molecule has 0 saturated heterocycles. The topological polar surface area (TPSA) is 145 Å². The third kappa shape index (κ3) is 3.12. The molecule has 0 amide bonds. The molecule has 0 bridgehead atoms. The highest BCUT2D eigenvalue weighted by atomic mass is 32.2. The standard InChI is InChI=1S/C9H12N6O4S2/c1-2-14-5-6(4-11-14)13-21(18,19)8-3-7(15(16)17)9(12-10)20-8/h3-5,12-13H,2,10H2,1H3. The largest absolute Gasteiger partial charge is 0.310 e. The number of nitrogens with one attached hydrogen (secondary N) is 2. The van der Waals surface area contributed by atoms with E-state index >= 15 is 0 Å². The number of nitrogen functional groups attached to an aromatic ring is 1. The smallest absolute Gasteiger partial charge is 0.306 e. The van der Waals surface area contributed by atoms with Gasteiger partial charge in [-0.25, -0.2) is 14.3 Å². The van der Waals surface area contributed by atoms with Gasteiger partial charge in [-0.15, -0.1) is 0 Å². The number of nitro groups is 1. The summed E-state index contributed by atoms with van der Waals surface area (Å²) in [6.45, 7) is 2.44. The summed E-state index contributed by atoms with van der Waals surface area (Å²) in [4.78, 5) is 10.1. The van der Waals surface area contributed by atoms with Gasteiger partial charge in [0.1, 0.15) is 4.21 Å². The molecular weight excluding hydrogens is 320 g/mol. The fourth-order valence-electron chi connectivity index (χ4n) is 1.53. The highest BCUT2D eigenvalue weighted by Crippen LogP contribution is 2.36. The molecule has 0 aliphatic heterocycles. The van der Waals surface area contributed by atoms with Gasteiger partial charge in [-0.3, -0.25) is 19.5 Å². The van der Waals surface area contributed by atoms with Crippen LogP contribution in [0.4, 0.5) is 16.4 Å². The first kappa shape index (κ1) is 15.2. The van der Waals surface area contributed by atoms with Crippen LogP contribution in [0.25, 0.3) is 0 Å². The molecule has 2 heterocycles. The molecule has 2 aromatic rings. The van der Waals surface area contributed by atoms with Crippen molar-refractivity contribution in [2.24, 2.45) is 5.84 Å². The number of thiophene rings is 1. The molecule has 0 atom stereocenters. The number of hydrogen-bond donors (Lipinski definition) is 3. The van der Waals surface area contributed by atoms with Crippen molar-refractivity contribution in [2.75, 3.05) is 10.1 Å². The Kier molecular flexibility index (Phi) is 4.11. The van der Waals surface area contributed by atoms with E-state index in [9.17, 15) is 18.5 Å². The van der Waals surface area contributed by atoms with Crippen molar-refractivity contribution in [3.8, 4) is 0 Å². The minimum atomic E-state index is -3.94. The second-order valence-electron chi connectivity index (χ2n) is 3.87. The first-order valence-electron chi connectivity index (χ1n) is 5.67. The molecule has 0 aliphatic carbocycles. The van der Waals surface area contributed by atoms with E-state index in [1.54, 1.807) is 4.68 Å². The van der Waals surface area contributed by atoms with Gasteiger partial charge in [0, 0.05) is 18.8 Å². The van der Waals surface area contributed by atoms with E-state index in [1.807, 2.05) is 6.92 Å². The van der Waals surface area contributed by atoms with E-state index in [4.69, 9.17) is 5.84 Å². The Balaban J connectivity index is 2.33. The van der Waals surface area contributed by atoms with Crippen molar-refractivity contribution >= 4 is 37.7 Å². The van der Waals surface area contributed by atoms with Crippen molar-refractivity contribution in [1.82, 2.24) is 9.78 Å². The lowest BCUT2D eigenvalue weighted by Gasteiger charge is -2.02. The summed E-state index contributed by atoms with van der Waals surface area (Å²) in [6.07, 6.45) is 2.87. The maximum Gasteiger partial charge on any atom is 0.306 e. The average Bonchev–Trinajstić information content (AvgIpc) is 3.04. The molecule has 10 nitrogen and oxygen atoms in total. The van der Waals surface area contributed by atoms with Gasteiger partial charge < -0.3 is 5.43 Å². The summed E-state index contributed by atoms with van der Waals surface area (Å²) in [6, 6.07) is 0.951. The molecule has 2 rings (SSSR count). The van der Waals surface area contributed by atoms with Crippen LogP contribution in [0, 0.1) is 10.1 Å². The van der Waals surface area contributed by atoms with Crippen LogP contribution in [0.5, 0.6) is 0 Å². The highest BCUT2D eigenvalue weighted by molar-refractivity contribution is 7.94. The summed E-state index contributed by atoms with van der Waals surface area (Å²) in [5, 5.41) is 14.7. The van der Waals surface area contributed by atoms with Gasteiger partial charge in [0.15, 0.2) is 5.00 Å². The first-order valence-corrected chi connectivity index (χ1v) is 7.97. The number of anilines is 2. The molecule has 0 saturated carbocycles. The van der Waals surface area contributed by atoms with E-state index in [-0.39, 0.29) is 14.9 Å². The predicted molar refractivity (Wildman–Crippen MR) is 77.5 cm³/mol. The Morgan fingerprint density at radius 3 is 2.76 bits per heavy atom. The van der Waals surface area contributed by atoms with E-state index in [1.165, 1.54) is 12.4 Å². The van der Waals surface area contributed by atoms with Gasteiger partial charge in [-0.2, -0.15) is 5.10 Å². The van der Waals surface area contributed by atoms with Crippen LogP contribution in [0.1, 0.15) is 6.92 Å². The van der Waals surface area contributed by atoms with E-state index in [2.05, 4.69) is 15.2 Å². The van der Waals surface area contributed by atoms with Gasteiger partial charge in [0.25, 0.3) is 10.0 Å². The number of nitrogens with zero attached hydrogens (tertiary/aromatic N) is 3. The molecule has 0 unspecified atom stereocenters. The number of hydrogen-bond acceptors (Lipinski definition) is 8. The van der Waals surface area contributed by atoms with Crippen LogP contribution in [0.15, 0.2) is 22.7 Å². The second-order valence-corrected chi connectivity index (χ2v) is 6.83. The van der Waals surface area contributed by atoms with Crippen LogP contribution in [0.2, 0.25) is 0 Å². The number of rotatable bonds is 6. The molecule has 114 valence electrons. The Bertz CT molecular complexity index is 765. The van der Waals surface area contributed by atoms with Crippen molar-refractivity contribution in [3.05, 3.63) is 28.6 Å². The highest BCUT2D eigenvalue weighted by Gasteiger charge is 2.26. The third-order valence-corrected chi connectivity index (χ3v) is 5.40. The molecule has 0 aromatic carbocycles. The van der Waals surface area contributed by atoms with Gasteiger partial charge in [0.05, 0.1) is 16.8 Å². The van der Waals surface area contributed by atoms with Crippen LogP contribution >= 0.6 is 11.3 Å². The maximum absolute atomic E-state index is 12.2. The minimum absolute atomic E-state index is 0.0374. The Morgan fingerprint density at radius 2 is 2.29 bits per heavy atom. The van der Waals surface area contributed by atoms with Gasteiger partial charge in [-0.05, 0) is 6.92 Å². The average molecular weight is 332 g/mol. The van der Waals surface area contributed by atoms with Crippen LogP contribution < -0.4 is 16.0 Å². The molecule has 21 heavy (non-hydrogen) atoms. The van der Waals surface area contributed by atoms with Crippen LogP contribution in [0.3, 0.4) is 0 Å². The van der Waals surface area contributed by atoms with E-state index in [0.717, 1.165) is 6.07 Å². The zero-order valence-corrected chi connectivity index (χ0v) is 12.4. The second kappa shape index (κ2) is 5.67. The fraction of sp³-hybridized carbons (Fsp3) is 0.222. The maximum atomic E-state index is 12.2. The Labute approximate surface area is 123 Å². The van der Waals surface area contributed by atoms with Crippen molar-refractivity contribution < 1.29 is 13.3 Å². The summed E-state index contributed by atoms with van der Waals surface area (Å²) in [5.74, 6) is 5.15. The normalized spacial score (nSPS) is 11.3. The molecule has 12 heteroatoms. The zero-order valence-electron chi connectivity index (χ0n) is 10.8. The van der Waals surface area contributed by atoms with E-state index in [0.29, 0.717) is 17.9 Å². The Morgan fingerprint density at radius 1 is 1.57 bits per heavy atom. The monoisotopic (exact) mass is 332 g/mol. The molecule has 0 fully saturated rings. The summed E-state index contributed by atoms with van der Waals surface area (Å²) in [7, 11) is -3.94. The predicted octanol–water partition coefficient (Wildman–Crippen LogP) is 0.959. The number of nitrogens with two attached hydrogens (primary N) is 1. The van der Waals surface area contributed by atoms with E-state index < -0.39 is 20.6 Å². The van der Waals surface area contributed by atoms with Gasteiger partial charge in [-0.1, -0.05) is 11.3 Å². The van der Waals surface area contributed by atoms with Crippen molar-refractivity contribution in [2.45, 2.75) is 17.7 Å². The summed E-state index contributed by atoms with van der Waals surface area (Å²) >= 11 is 0.671. The van der Waals surface area contributed by atoms with Crippen molar-refractivity contribution in [1.29, 1.82) is 0 Å². The van der Waals surface area contributed by atoms with Gasteiger partial charge >= 0.3 is 5.69 Å². The first-order chi connectivity index (χ1) is 9.87. The summed E-state index contributed by atoms with van der Waals surface area (Å²) in [5.41, 5.74) is 1.99. The SMILES string of the molecule is CCn1cc(NS(=O)(=O)c2cc([N+](=O)[O-])c(NN)s2)cn1. The lowest BCUT2D eigenvalue weighted by molar-refractivity contribution is -0.383. The lowest BCUT2D eigenvalue weighted by Crippen LogP contribution is -2.11. The summed E-state index contributed by atoms with van der Waals surface area (Å²) < 4.78 is 28.0. The zero-order chi connectivity index (χ0) is 15.6. The Hall–Kier alpha value is -2.18. The number of sulfonamides is 1. The van der Waals surface area contributed by atoms with Crippen molar-refractivity contribution in [3.63, 3.8) is 0 Å². The molecule has 0 spiro atoms. The lowest BCUT2D eigenvalue weighted by atomic mass is 10.5. The minimum Gasteiger partial charge on any atom is -0.310 e. The third-order valence-electron chi connectivity index (χ3n) is 2.49. The molecule has 0 aliphatic rings. The molecule has 2 aromatic heterocycles. The molecule has 0 radical (unpaired) electrons. The van der Waals surface area contributed by atoms with Gasteiger partial charge in [0.2, 0.25) is 0 Å². The number of aryl methyl sites for hydroxylation is 1. The quantitative estimate of drug-likeness (QED) is 0.405.